The van der Waals surface area contributed by atoms with Crippen LogP contribution in [0.2, 0.25) is 0 Å². The molecule has 0 spiro atoms. The maximum atomic E-state index is 13.5. The number of hydrogen-bond donors (Lipinski definition) is 4. The number of fused-ring (bicyclic) bond motifs is 1. The Balaban J connectivity index is 1.73. The molecule has 0 saturated heterocycles. The highest BCUT2D eigenvalue weighted by atomic mass is 19.1. The minimum Gasteiger partial charge on any atom is -0.341 e. The molecule has 2 aromatic rings. The second-order valence-electron chi connectivity index (χ2n) is 4.66. The predicted molar refractivity (Wildman–Crippen MR) is 81.8 cm³/mol. The SMILES string of the molecule is C=C1Nc2ccc(NC(=O)Nc3c(F)cccc3F)cc2N1. The summed E-state index contributed by atoms with van der Waals surface area (Å²) in [4.78, 5) is 11.8. The molecule has 112 valence electrons. The van der Waals surface area contributed by atoms with Gasteiger partial charge in [-0.1, -0.05) is 12.6 Å². The second-order valence-corrected chi connectivity index (χ2v) is 4.66. The molecule has 0 atom stereocenters. The van der Waals surface area contributed by atoms with Gasteiger partial charge in [0.05, 0.1) is 11.4 Å². The van der Waals surface area contributed by atoms with Crippen LogP contribution < -0.4 is 21.3 Å². The first kappa shape index (κ1) is 13.9. The highest BCUT2D eigenvalue weighted by Crippen LogP contribution is 2.32. The molecular weight excluding hydrogens is 290 g/mol. The number of hydrogen-bond acceptors (Lipinski definition) is 3. The lowest BCUT2D eigenvalue weighted by molar-refractivity contribution is 0.262. The molecule has 22 heavy (non-hydrogen) atoms. The van der Waals surface area contributed by atoms with Crippen LogP contribution in [0.3, 0.4) is 0 Å². The van der Waals surface area contributed by atoms with Crippen LogP contribution in [0.4, 0.5) is 36.3 Å². The summed E-state index contributed by atoms with van der Waals surface area (Å²) < 4.78 is 26.9. The number of carbonyl (C=O) groups excluding carboxylic acids is 1. The fourth-order valence-electron chi connectivity index (χ4n) is 2.08. The van der Waals surface area contributed by atoms with Gasteiger partial charge in [-0.25, -0.2) is 13.6 Å². The van der Waals surface area contributed by atoms with Gasteiger partial charge in [0.1, 0.15) is 23.1 Å². The van der Waals surface area contributed by atoms with Crippen molar-refractivity contribution in [3.63, 3.8) is 0 Å². The van der Waals surface area contributed by atoms with Gasteiger partial charge >= 0.3 is 6.03 Å². The third-order valence-corrected chi connectivity index (χ3v) is 3.05. The van der Waals surface area contributed by atoms with Crippen LogP contribution in [0.5, 0.6) is 0 Å². The molecule has 5 nitrogen and oxygen atoms in total. The van der Waals surface area contributed by atoms with E-state index in [1.807, 2.05) is 0 Å². The zero-order valence-electron chi connectivity index (χ0n) is 11.3. The quantitative estimate of drug-likeness (QED) is 0.680. The summed E-state index contributed by atoms with van der Waals surface area (Å²) in [6, 6.07) is 7.69. The predicted octanol–water partition coefficient (Wildman–Crippen LogP) is 3.92. The van der Waals surface area contributed by atoms with Crippen molar-refractivity contribution < 1.29 is 13.6 Å². The van der Waals surface area contributed by atoms with E-state index in [4.69, 9.17) is 0 Å². The lowest BCUT2D eigenvalue weighted by Gasteiger charge is -2.10. The highest BCUT2D eigenvalue weighted by molar-refractivity contribution is 6.00. The summed E-state index contributed by atoms with van der Waals surface area (Å²) in [5.41, 5.74) is 1.56. The largest absolute Gasteiger partial charge is 0.341 e. The Kier molecular flexibility index (Phi) is 3.38. The fourth-order valence-corrected chi connectivity index (χ4v) is 2.08. The van der Waals surface area contributed by atoms with Gasteiger partial charge in [-0.3, -0.25) is 0 Å². The van der Waals surface area contributed by atoms with E-state index < -0.39 is 23.4 Å². The third kappa shape index (κ3) is 2.69. The number of carbonyl (C=O) groups is 1. The van der Waals surface area contributed by atoms with Crippen molar-refractivity contribution in [2.75, 3.05) is 21.3 Å². The number of anilines is 4. The lowest BCUT2D eigenvalue weighted by Crippen LogP contribution is -2.20. The molecular formula is C15H12F2N4O. The van der Waals surface area contributed by atoms with Gasteiger partial charge in [-0.2, -0.15) is 0 Å². The third-order valence-electron chi connectivity index (χ3n) is 3.05. The molecule has 0 aromatic heterocycles. The molecule has 4 N–H and O–H groups in total. The summed E-state index contributed by atoms with van der Waals surface area (Å²) in [5.74, 6) is -1.05. The average Bonchev–Trinajstić information content (AvgIpc) is 2.82. The van der Waals surface area contributed by atoms with E-state index in [0.717, 1.165) is 23.5 Å². The molecule has 2 amide bonds. The molecule has 1 aliphatic heterocycles. The van der Waals surface area contributed by atoms with Crippen LogP contribution in [0.25, 0.3) is 0 Å². The fraction of sp³-hybridized carbons (Fsp3) is 0. The lowest BCUT2D eigenvalue weighted by atomic mass is 10.2. The van der Waals surface area contributed by atoms with Crippen molar-refractivity contribution in [1.82, 2.24) is 0 Å². The molecule has 1 aliphatic rings. The average molecular weight is 302 g/mol. The Hall–Kier alpha value is -3.09. The molecule has 2 aromatic carbocycles. The van der Waals surface area contributed by atoms with Crippen molar-refractivity contribution >= 4 is 28.8 Å². The number of rotatable bonds is 2. The molecule has 0 radical (unpaired) electrons. The van der Waals surface area contributed by atoms with Gasteiger partial charge in [-0.15, -0.1) is 0 Å². The highest BCUT2D eigenvalue weighted by Gasteiger charge is 2.15. The maximum Gasteiger partial charge on any atom is 0.323 e. The van der Waals surface area contributed by atoms with E-state index in [1.54, 1.807) is 18.2 Å². The Labute approximate surface area is 125 Å². The van der Waals surface area contributed by atoms with E-state index in [9.17, 15) is 13.6 Å². The van der Waals surface area contributed by atoms with Gasteiger partial charge in [0.25, 0.3) is 0 Å². The van der Waals surface area contributed by atoms with Crippen molar-refractivity contribution in [3.8, 4) is 0 Å². The zero-order chi connectivity index (χ0) is 15.7. The second kappa shape index (κ2) is 5.36. The number of amides is 2. The number of nitrogens with one attached hydrogen (secondary N) is 4. The van der Waals surface area contributed by atoms with E-state index in [1.165, 1.54) is 6.07 Å². The standard InChI is InChI=1S/C15H12F2N4O/c1-8-18-12-6-5-9(7-13(12)19-8)20-15(22)21-14-10(16)3-2-4-11(14)17/h2-7,18-19H,1H2,(H2,20,21,22). The monoisotopic (exact) mass is 302 g/mol. The van der Waals surface area contributed by atoms with E-state index in [2.05, 4.69) is 27.8 Å². The molecule has 1 heterocycles. The molecule has 3 rings (SSSR count). The molecule has 7 heteroatoms. The minimum absolute atomic E-state index is 0.469. The minimum atomic E-state index is -0.841. The zero-order valence-corrected chi connectivity index (χ0v) is 11.3. The first-order chi connectivity index (χ1) is 10.5. The Morgan fingerprint density at radius 3 is 2.41 bits per heavy atom. The summed E-state index contributed by atoms with van der Waals surface area (Å²) >= 11 is 0. The van der Waals surface area contributed by atoms with Gasteiger partial charge in [0, 0.05) is 5.69 Å². The van der Waals surface area contributed by atoms with Crippen LogP contribution >= 0.6 is 0 Å². The maximum absolute atomic E-state index is 13.5. The van der Waals surface area contributed by atoms with Crippen LogP contribution in [0.15, 0.2) is 48.8 Å². The summed E-state index contributed by atoms with van der Waals surface area (Å²) in [6.07, 6.45) is 0. The van der Waals surface area contributed by atoms with Gasteiger partial charge in [-0.05, 0) is 30.3 Å². The number of urea groups is 1. The van der Waals surface area contributed by atoms with Gasteiger partial charge in [0.2, 0.25) is 0 Å². The van der Waals surface area contributed by atoms with E-state index in [-0.39, 0.29) is 0 Å². The van der Waals surface area contributed by atoms with Crippen LogP contribution in [0.1, 0.15) is 0 Å². The summed E-state index contributed by atoms with van der Waals surface area (Å²) in [6.45, 7) is 3.73. The van der Waals surface area contributed by atoms with Crippen LogP contribution in [-0.2, 0) is 0 Å². The van der Waals surface area contributed by atoms with Crippen LogP contribution in [-0.4, -0.2) is 6.03 Å². The normalized spacial score (nSPS) is 12.2. The molecule has 0 bridgehead atoms. The number of halogens is 2. The Morgan fingerprint density at radius 1 is 1.00 bits per heavy atom. The number of para-hydroxylation sites is 1. The smallest absolute Gasteiger partial charge is 0.323 e. The molecule has 0 fully saturated rings. The summed E-state index contributed by atoms with van der Waals surface area (Å²) in [5, 5.41) is 10.6. The summed E-state index contributed by atoms with van der Waals surface area (Å²) in [7, 11) is 0. The molecule has 0 unspecified atom stereocenters. The first-order valence-electron chi connectivity index (χ1n) is 6.42. The Bertz CT molecular complexity index is 756. The Morgan fingerprint density at radius 2 is 1.68 bits per heavy atom. The van der Waals surface area contributed by atoms with E-state index >= 15 is 0 Å². The van der Waals surface area contributed by atoms with Crippen molar-refractivity contribution in [1.29, 1.82) is 0 Å². The van der Waals surface area contributed by atoms with Crippen molar-refractivity contribution in [3.05, 3.63) is 60.4 Å². The number of benzene rings is 2. The first-order valence-corrected chi connectivity index (χ1v) is 6.42. The van der Waals surface area contributed by atoms with Gasteiger partial charge in [0.15, 0.2) is 0 Å². The molecule has 0 saturated carbocycles. The van der Waals surface area contributed by atoms with E-state index in [0.29, 0.717) is 11.5 Å². The van der Waals surface area contributed by atoms with Gasteiger partial charge < -0.3 is 21.3 Å². The van der Waals surface area contributed by atoms with Crippen molar-refractivity contribution in [2.45, 2.75) is 0 Å². The topological polar surface area (TPSA) is 65.2 Å². The van der Waals surface area contributed by atoms with Crippen molar-refractivity contribution in [2.24, 2.45) is 0 Å². The molecule has 0 aliphatic carbocycles. The van der Waals surface area contributed by atoms with Crippen LogP contribution in [0, 0.1) is 11.6 Å².